The van der Waals surface area contributed by atoms with Crippen LogP contribution in [0.3, 0.4) is 0 Å². The summed E-state index contributed by atoms with van der Waals surface area (Å²) < 4.78 is 0. The lowest BCUT2D eigenvalue weighted by Gasteiger charge is -2.24. The number of nitrogens with zero attached hydrogens (tertiary/aromatic N) is 2. The van der Waals surface area contributed by atoms with Crippen molar-refractivity contribution in [3.8, 4) is 6.07 Å². The lowest BCUT2D eigenvalue weighted by molar-refractivity contribution is 0.524. The molecule has 0 radical (unpaired) electrons. The fourth-order valence-electron chi connectivity index (χ4n) is 2.13. The van der Waals surface area contributed by atoms with Gasteiger partial charge in [0, 0.05) is 31.1 Å². The number of benzene rings is 1. The van der Waals surface area contributed by atoms with Gasteiger partial charge in [0.1, 0.15) is 0 Å². The van der Waals surface area contributed by atoms with E-state index in [1.807, 2.05) is 0 Å². The molecule has 0 atom stereocenters. The molecule has 84 valence electrons. The number of rotatable bonds is 4. The molecule has 0 saturated heterocycles. The second-order valence-electron chi connectivity index (χ2n) is 5.03. The van der Waals surface area contributed by atoms with Crippen molar-refractivity contribution in [2.75, 3.05) is 18.5 Å². The Balaban J connectivity index is 2.01. The molecule has 1 aliphatic rings. The van der Waals surface area contributed by atoms with E-state index in [1.165, 1.54) is 24.1 Å². The zero-order valence-electron chi connectivity index (χ0n) is 10.0. The summed E-state index contributed by atoms with van der Waals surface area (Å²) in [5.41, 5.74) is 2.82. The Hall–Kier alpha value is -1.49. The maximum absolute atomic E-state index is 8.79. The third-order valence-corrected chi connectivity index (χ3v) is 3.46. The normalized spacial score (nSPS) is 16.6. The lowest BCUT2D eigenvalue weighted by Crippen LogP contribution is -2.26. The molecule has 1 fully saturated rings. The van der Waals surface area contributed by atoms with Crippen LogP contribution in [0.1, 0.15) is 24.8 Å². The van der Waals surface area contributed by atoms with Gasteiger partial charge >= 0.3 is 0 Å². The van der Waals surface area contributed by atoms with Crippen LogP contribution in [-0.2, 0) is 0 Å². The molecule has 2 nitrogen and oxygen atoms in total. The topological polar surface area (TPSA) is 27.0 Å². The van der Waals surface area contributed by atoms with Gasteiger partial charge < -0.3 is 4.90 Å². The molecular weight excluding hydrogens is 196 g/mol. The number of anilines is 1. The molecule has 0 aromatic heterocycles. The summed E-state index contributed by atoms with van der Waals surface area (Å²) in [6.45, 7) is 3.10. The van der Waals surface area contributed by atoms with E-state index in [1.54, 1.807) is 0 Å². The monoisotopic (exact) mass is 214 g/mol. The SMILES string of the molecule is Cc1ccc(N(C)CC2(CC#N)CC2)cc1. The number of aryl methyl sites for hydroxylation is 1. The molecule has 0 N–H and O–H groups in total. The molecule has 1 aliphatic carbocycles. The van der Waals surface area contributed by atoms with Crippen molar-refractivity contribution < 1.29 is 0 Å². The molecule has 0 bridgehead atoms. The summed E-state index contributed by atoms with van der Waals surface area (Å²) in [7, 11) is 2.11. The quantitative estimate of drug-likeness (QED) is 0.770. The van der Waals surface area contributed by atoms with E-state index in [9.17, 15) is 0 Å². The molecule has 0 unspecified atom stereocenters. The maximum Gasteiger partial charge on any atom is 0.0628 e. The summed E-state index contributed by atoms with van der Waals surface area (Å²) in [6.07, 6.45) is 3.11. The first kappa shape index (κ1) is 11.0. The van der Waals surface area contributed by atoms with Crippen molar-refractivity contribution >= 4 is 5.69 Å². The molecular formula is C14H18N2. The molecule has 16 heavy (non-hydrogen) atoms. The molecule has 1 saturated carbocycles. The Labute approximate surface area is 97.5 Å². The molecule has 1 aromatic rings. The van der Waals surface area contributed by atoms with Gasteiger partial charge in [-0.1, -0.05) is 17.7 Å². The van der Waals surface area contributed by atoms with Crippen LogP contribution in [-0.4, -0.2) is 13.6 Å². The highest BCUT2D eigenvalue weighted by molar-refractivity contribution is 5.47. The summed E-state index contributed by atoms with van der Waals surface area (Å²) in [5.74, 6) is 0. The highest BCUT2D eigenvalue weighted by Gasteiger charge is 2.43. The maximum atomic E-state index is 8.79. The van der Waals surface area contributed by atoms with E-state index in [4.69, 9.17) is 5.26 Å². The van der Waals surface area contributed by atoms with E-state index in [0.29, 0.717) is 6.42 Å². The van der Waals surface area contributed by atoms with Gasteiger partial charge in [0.2, 0.25) is 0 Å². The number of hydrogen-bond donors (Lipinski definition) is 0. The van der Waals surface area contributed by atoms with Gasteiger partial charge in [-0.25, -0.2) is 0 Å². The summed E-state index contributed by atoms with van der Waals surface area (Å²) in [6, 6.07) is 10.9. The molecule has 0 spiro atoms. The van der Waals surface area contributed by atoms with Crippen LogP contribution in [0.5, 0.6) is 0 Å². The largest absolute Gasteiger partial charge is 0.374 e. The minimum Gasteiger partial charge on any atom is -0.374 e. The standard InChI is InChI=1S/C14H18N2/c1-12-3-5-13(6-4-12)16(2)11-14(7-8-14)9-10-15/h3-6H,7-9,11H2,1-2H3. The van der Waals surface area contributed by atoms with Crippen molar-refractivity contribution in [3.05, 3.63) is 29.8 Å². The Bertz CT molecular complexity index is 396. The Morgan fingerprint density at radius 2 is 1.94 bits per heavy atom. The van der Waals surface area contributed by atoms with E-state index < -0.39 is 0 Å². The zero-order valence-corrected chi connectivity index (χ0v) is 10.0. The van der Waals surface area contributed by atoms with Crippen LogP contribution in [0.25, 0.3) is 0 Å². The highest BCUT2D eigenvalue weighted by Crippen LogP contribution is 2.49. The average molecular weight is 214 g/mol. The van der Waals surface area contributed by atoms with Crippen LogP contribution >= 0.6 is 0 Å². The number of nitriles is 1. The van der Waals surface area contributed by atoms with Gasteiger partial charge in [0.15, 0.2) is 0 Å². The molecule has 0 aliphatic heterocycles. The van der Waals surface area contributed by atoms with Crippen molar-refractivity contribution in [2.45, 2.75) is 26.2 Å². The number of hydrogen-bond acceptors (Lipinski definition) is 2. The summed E-state index contributed by atoms with van der Waals surface area (Å²) in [5, 5.41) is 8.79. The van der Waals surface area contributed by atoms with Crippen molar-refractivity contribution in [1.82, 2.24) is 0 Å². The van der Waals surface area contributed by atoms with E-state index >= 15 is 0 Å². The zero-order chi connectivity index (χ0) is 11.6. The molecule has 1 aromatic carbocycles. The van der Waals surface area contributed by atoms with Gasteiger partial charge in [0.25, 0.3) is 0 Å². The van der Waals surface area contributed by atoms with Gasteiger partial charge in [-0.05, 0) is 31.9 Å². The van der Waals surface area contributed by atoms with Gasteiger partial charge in [-0.2, -0.15) is 5.26 Å². The first-order valence-electron chi connectivity index (χ1n) is 5.80. The van der Waals surface area contributed by atoms with Crippen molar-refractivity contribution in [3.63, 3.8) is 0 Å². The van der Waals surface area contributed by atoms with E-state index in [-0.39, 0.29) is 5.41 Å². The first-order valence-corrected chi connectivity index (χ1v) is 5.80. The fourth-order valence-corrected chi connectivity index (χ4v) is 2.13. The molecule has 0 amide bonds. The smallest absolute Gasteiger partial charge is 0.0628 e. The highest BCUT2D eigenvalue weighted by atomic mass is 15.1. The van der Waals surface area contributed by atoms with E-state index in [0.717, 1.165) is 6.54 Å². The van der Waals surface area contributed by atoms with E-state index in [2.05, 4.69) is 49.2 Å². The van der Waals surface area contributed by atoms with Crippen LogP contribution in [0.2, 0.25) is 0 Å². The first-order chi connectivity index (χ1) is 7.65. The van der Waals surface area contributed by atoms with Crippen molar-refractivity contribution in [1.29, 1.82) is 5.26 Å². The van der Waals surface area contributed by atoms with Crippen LogP contribution in [0, 0.1) is 23.7 Å². The third-order valence-electron chi connectivity index (χ3n) is 3.46. The van der Waals surface area contributed by atoms with Gasteiger partial charge in [-0.15, -0.1) is 0 Å². The third kappa shape index (κ3) is 2.36. The van der Waals surface area contributed by atoms with Crippen molar-refractivity contribution in [2.24, 2.45) is 5.41 Å². The van der Waals surface area contributed by atoms with Crippen LogP contribution in [0.15, 0.2) is 24.3 Å². The average Bonchev–Trinajstić information content (AvgIpc) is 2.99. The Kier molecular flexibility index (Phi) is 2.87. The molecule has 2 rings (SSSR count). The van der Waals surface area contributed by atoms with Crippen LogP contribution < -0.4 is 4.90 Å². The fraction of sp³-hybridized carbons (Fsp3) is 0.500. The Morgan fingerprint density at radius 1 is 1.31 bits per heavy atom. The Morgan fingerprint density at radius 3 is 2.44 bits per heavy atom. The van der Waals surface area contributed by atoms with Gasteiger partial charge in [0.05, 0.1) is 6.07 Å². The molecule has 2 heteroatoms. The van der Waals surface area contributed by atoms with Gasteiger partial charge in [-0.3, -0.25) is 0 Å². The summed E-state index contributed by atoms with van der Waals surface area (Å²) >= 11 is 0. The predicted molar refractivity (Wildman–Crippen MR) is 66.3 cm³/mol. The minimum atomic E-state index is 0.286. The minimum absolute atomic E-state index is 0.286. The second-order valence-corrected chi connectivity index (χ2v) is 5.03. The predicted octanol–water partition coefficient (Wildman–Crippen LogP) is 3.13. The second kappa shape index (κ2) is 4.17. The lowest BCUT2D eigenvalue weighted by atomic mass is 10.0. The van der Waals surface area contributed by atoms with Crippen LogP contribution in [0.4, 0.5) is 5.69 Å². The molecule has 0 heterocycles. The summed E-state index contributed by atoms with van der Waals surface area (Å²) in [4.78, 5) is 2.27.